The summed E-state index contributed by atoms with van der Waals surface area (Å²) in [6.45, 7) is 1.95. The SMILES string of the molecule is CC(CCCCSc1ccc(Cl)cc1)N1C(=O)c2ccccc2C1=O. The first-order valence-electron chi connectivity index (χ1n) is 8.43. The van der Waals surface area contributed by atoms with Crippen molar-refractivity contribution in [2.75, 3.05) is 5.75 Å². The zero-order valence-corrected chi connectivity index (χ0v) is 15.6. The molecule has 0 fully saturated rings. The highest BCUT2D eigenvalue weighted by Gasteiger charge is 2.37. The molecular formula is C20H20ClNO2S. The lowest BCUT2D eigenvalue weighted by Gasteiger charge is -2.22. The van der Waals surface area contributed by atoms with Crippen molar-refractivity contribution in [2.45, 2.75) is 37.1 Å². The number of imide groups is 1. The summed E-state index contributed by atoms with van der Waals surface area (Å²) in [6, 6.07) is 14.8. The molecule has 0 spiro atoms. The van der Waals surface area contributed by atoms with Crippen molar-refractivity contribution in [3.8, 4) is 0 Å². The number of amides is 2. The van der Waals surface area contributed by atoms with Crippen LogP contribution in [0.25, 0.3) is 0 Å². The maximum atomic E-state index is 12.4. The Hall–Kier alpha value is -1.78. The average Bonchev–Trinajstić information content (AvgIpc) is 2.87. The van der Waals surface area contributed by atoms with E-state index in [0.29, 0.717) is 11.1 Å². The molecule has 0 aromatic heterocycles. The fourth-order valence-corrected chi connectivity index (χ4v) is 4.04. The normalized spacial score (nSPS) is 14.7. The quantitative estimate of drug-likeness (QED) is 0.376. The van der Waals surface area contributed by atoms with E-state index in [9.17, 15) is 9.59 Å². The van der Waals surface area contributed by atoms with Crippen molar-refractivity contribution in [3.63, 3.8) is 0 Å². The number of halogens is 1. The topological polar surface area (TPSA) is 37.4 Å². The van der Waals surface area contributed by atoms with Gasteiger partial charge in [-0.3, -0.25) is 14.5 Å². The van der Waals surface area contributed by atoms with E-state index < -0.39 is 0 Å². The second-order valence-corrected chi connectivity index (χ2v) is 7.78. The smallest absolute Gasteiger partial charge is 0.261 e. The van der Waals surface area contributed by atoms with E-state index in [4.69, 9.17) is 11.6 Å². The second kappa shape index (κ2) is 8.07. The first-order chi connectivity index (χ1) is 12.1. The summed E-state index contributed by atoms with van der Waals surface area (Å²) >= 11 is 7.68. The first-order valence-corrected chi connectivity index (χ1v) is 9.79. The number of carbonyl (C=O) groups is 2. The predicted molar refractivity (Wildman–Crippen MR) is 102 cm³/mol. The summed E-state index contributed by atoms with van der Waals surface area (Å²) < 4.78 is 0. The Morgan fingerprint density at radius 1 is 0.960 bits per heavy atom. The lowest BCUT2D eigenvalue weighted by molar-refractivity contribution is 0.0588. The van der Waals surface area contributed by atoms with Crippen LogP contribution in [-0.2, 0) is 0 Å². The highest BCUT2D eigenvalue weighted by Crippen LogP contribution is 2.26. The molecule has 1 atom stereocenters. The lowest BCUT2D eigenvalue weighted by Crippen LogP contribution is -2.37. The van der Waals surface area contributed by atoms with Gasteiger partial charge in [0.1, 0.15) is 0 Å². The van der Waals surface area contributed by atoms with E-state index in [1.807, 2.05) is 31.2 Å². The Balaban J connectivity index is 1.45. The number of hydrogen-bond acceptors (Lipinski definition) is 3. The van der Waals surface area contributed by atoms with E-state index in [1.54, 1.807) is 36.0 Å². The number of unbranched alkanes of at least 4 members (excludes halogenated alkanes) is 1. The third-order valence-electron chi connectivity index (χ3n) is 4.36. The molecule has 2 aromatic rings. The van der Waals surface area contributed by atoms with Gasteiger partial charge < -0.3 is 0 Å². The maximum Gasteiger partial charge on any atom is 0.261 e. The number of benzene rings is 2. The predicted octanol–water partition coefficient (Wildman–Crippen LogP) is 5.29. The molecule has 25 heavy (non-hydrogen) atoms. The van der Waals surface area contributed by atoms with Gasteiger partial charge in [0.25, 0.3) is 11.8 Å². The van der Waals surface area contributed by atoms with Crippen molar-refractivity contribution in [3.05, 3.63) is 64.7 Å². The summed E-state index contributed by atoms with van der Waals surface area (Å²) in [4.78, 5) is 27.5. The van der Waals surface area contributed by atoms with E-state index in [-0.39, 0.29) is 17.9 Å². The zero-order chi connectivity index (χ0) is 17.8. The number of thioether (sulfide) groups is 1. The summed E-state index contributed by atoms with van der Waals surface area (Å²) in [5, 5.41) is 0.749. The molecule has 1 aliphatic rings. The van der Waals surface area contributed by atoms with E-state index in [2.05, 4.69) is 0 Å². The minimum absolute atomic E-state index is 0.0760. The van der Waals surface area contributed by atoms with Gasteiger partial charge in [0.15, 0.2) is 0 Å². The highest BCUT2D eigenvalue weighted by atomic mass is 35.5. The first kappa shape index (κ1) is 18.0. The molecule has 0 saturated carbocycles. The van der Waals surface area contributed by atoms with Gasteiger partial charge in [0.2, 0.25) is 0 Å². The molecule has 1 unspecified atom stereocenters. The van der Waals surface area contributed by atoms with Crippen LogP contribution in [0.1, 0.15) is 46.9 Å². The number of carbonyl (C=O) groups excluding carboxylic acids is 2. The maximum absolute atomic E-state index is 12.4. The number of fused-ring (bicyclic) bond motifs is 1. The minimum Gasteiger partial charge on any atom is -0.272 e. The van der Waals surface area contributed by atoms with Crippen molar-refractivity contribution in [1.82, 2.24) is 4.90 Å². The summed E-state index contributed by atoms with van der Waals surface area (Å²) in [7, 11) is 0. The van der Waals surface area contributed by atoms with E-state index in [0.717, 1.165) is 30.0 Å². The Morgan fingerprint density at radius 2 is 1.56 bits per heavy atom. The Morgan fingerprint density at radius 3 is 2.16 bits per heavy atom. The van der Waals surface area contributed by atoms with Crippen LogP contribution in [0.15, 0.2) is 53.4 Å². The van der Waals surface area contributed by atoms with Crippen molar-refractivity contribution in [1.29, 1.82) is 0 Å². The zero-order valence-electron chi connectivity index (χ0n) is 14.1. The number of hydrogen-bond donors (Lipinski definition) is 0. The van der Waals surface area contributed by atoms with Gasteiger partial charge in [0, 0.05) is 16.0 Å². The van der Waals surface area contributed by atoms with Crippen LogP contribution >= 0.6 is 23.4 Å². The van der Waals surface area contributed by atoms with Gasteiger partial charge in [-0.05, 0) is 61.9 Å². The molecular weight excluding hydrogens is 354 g/mol. The van der Waals surface area contributed by atoms with Gasteiger partial charge in [-0.1, -0.05) is 30.2 Å². The van der Waals surface area contributed by atoms with E-state index >= 15 is 0 Å². The molecule has 1 heterocycles. The summed E-state index contributed by atoms with van der Waals surface area (Å²) in [5.74, 6) is 0.684. The third-order valence-corrected chi connectivity index (χ3v) is 5.72. The van der Waals surface area contributed by atoms with Gasteiger partial charge >= 0.3 is 0 Å². The fraction of sp³-hybridized carbons (Fsp3) is 0.300. The standard InChI is InChI=1S/C20H20ClNO2S/c1-14(6-4-5-13-25-16-11-9-15(21)10-12-16)22-19(23)17-7-2-3-8-18(17)20(22)24/h2-3,7-12,14H,4-6,13H2,1H3. The second-order valence-electron chi connectivity index (χ2n) is 6.17. The molecule has 3 nitrogen and oxygen atoms in total. The van der Waals surface area contributed by atoms with E-state index in [1.165, 1.54) is 9.80 Å². The molecule has 2 aromatic carbocycles. The number of nitrogens with zero attached hydrogens (tertiary/aromatic N) is 1. The molecule has 0 N–H and O–H groups in total. The minimum atomic E-state index is -0.163. The van der Waals surface area contributed by atoms with Crippen LogP contribution < -0.4 is 0 Å². The third kappa shape index (κ3) is 4.07. The van der Waals surface area contributed by atoms with Crippen molar-refractivity contribution < 1.29 is 9.59 Å². The lowest BCUT2D eigenvalue weighted by atomic mass is 10.1. The Bertz CT molecular complexity index is 741. The Kier molecular flexibility index (Phi) is 5.82. The summed E-state index contributed by atoms with van der Waals surface area (Å²) in [5.41, 5.74) is 1.05. The van der Waals surface area contributed by atoms with Crippen LogP contribution in [0.2, 0.25) is 5.02 Å². The van der Waals surface area contributed by atoms with Gasteiger partial charge in [-0.2, -0.15) is 0 Å². The molecule has 3 rings (SSSR count). The Labute approximate surface area is 157 Å². The largest absolute Gasteiger partial charge is 0.272 e. The van der Waals surface area contributed by atoms with Gasteiger partial charge in [0.05, 0.1) is 11.1 Å². The van der Waals surface area contributed by atoms with Crippen LogP contribution in [-0.4, -0.2) is 28.5 Å². The molecule has 0 saturated heterocycles. The van der Waals surface area contributed by atoms with Crippen LogP contribution in [0.5, 0.6) is 0 Å². The molecule has 0 aliphatic carbocycles. The summed E-state index contributed by atoms with van der Waals surface area (Å²) in [6.07, 6.45) is 2.85. The molecule has 0 radical (unpaired) electrons. The van der Waals surface area contributed by atoms with Crippen LogP contribution in [0.4, 0.5) is 0 Å². The van der Waals surface area contributed by atoms with Gasteiger partial charge in [-0.25, -0.2) is 0 Å². The molecule has 2 amide bonds. The van der Waals surface area contributed by atoms with Crippen LogP contribution in [0, 0.1) is 0 Å². The number of rotatable bonds is 7. The highest BCUT2D eigenvalue weighted by molar-refractivity contribution is 7.99. The molecule has 130 valence electrons. The monoisotopic (exact) mass is 373 g/mol. The molecule has 5 heteroatoms. The fourth-order valence-electron chi connectivity index (χ4n) is 3.00. The van der Waals surface area contributed by atoms with Gasteiger partial charge in [-0.15, -0.1) is 11.8 Å². The van der Waals surface area contributed by atoms with Crippen LogP contribution in [0.3, 0.4) is 0 Å². The average molecular weight is 374 g/mol. The van der Waals surface area contributed by atoms with Crippen molar-refractivity contribution >= 4 is 35.2 Å². The molecule has 0 bridgehead atoms. The molecule has 1 aliphatic heterocycles. The van der Waals surface area contributed by atoms with Crippen molar-refractivity contribution in [2.24, 2.45) is 0 Å².